The van der Waals surface area contributed by atoms with Crippen LogP contribution in [0.3, 0.4) is 0 Å². The van der Waals surface area contributed by atoms with Crippen molar-refractivity contribution in [2.75, 3.05) is 4.90 Å². The first-order chi connectivity index (χ1) is 36.9. The Labute approximate surface area is 446 Å². The van der Waals surface area contributed by atoms with Crippen LogP contribution in [-0.2, 0) is 16.2 Å². The zero-order chi connectivity index (χ0) is 51.2. The lowest BCUT2D eigenvalue weighted by molar-refractivity contribution is 0.659. The second kappa shape index (κ2) is 16.1. The van der Waals surface area contributed by atoms with E-state index in [0.29, 0.717) is 0 Å². The molecule has 0 aliphatic heterocycles. The van der Waals surface area contributed by atoms with Crippen molar-refractivity contribution in [1.29, 1.82) is 0 Å². The lowest BCUT2D eigenvalue weighted by atomic mass is 9.80. The second-order valence-electron chi connectivity index (χ2n) is 23.2. The first-order valence-corrected chi connectivity index (χ1v) is 27.1. The molecule has 0 bridgehead atoms. The summed E-state index contributed by atoms with van der Waals surface area (Å²) in [4.78, 5) is 2.53. The van der Waals surface area contributed by atoms with Gasteiger partial charge in [0.25, 0.3) is 0 Å². The zero-order valence-electron chi connectivity index (χ0n) is 44.0. The van der Waals surface area contributed by atoms with Gasteiger partial charge < -0.3 is 4.90 Å². The predicted octanol–water partition coefficient (Wildman–Crippen LogP) is 20.5. The Morgan fingerprint density at radius 1 is 0.237 bits per heavy atom. The molecule has 15 rings (SSSR count). The normalized spacial score (nSPS) is 14.8. The minimum Gasteiger partial charge on any atom is -0.310 e. The molecule has 76 heavy (non-hydrogen) atoms. The summed E-state index contributed by atoms with van der Waals surface area (Å²) in [5, 5.41) is 7.55. The van der Waals surface area contributed by atoms with E-state index in [1.54, 1.807) is 0 Å². The van der Waals surface area contributed by atoms with Crippen LogP contribution in [0.4, 0.5) is 17.1 Å². The van der Waals surface area contributed by atoms with Gasteiger partial charge in [0, 0.05) is 33.3 Å². The molecular weight excluding hydrogens is 915 g/mol. The molecular formula is C75H57N. The quantitative estimate of drug-likeness (QED) is 0.150. The van der Waals surface area contributed by atoms with E-state index in [9.17, 15) is 0 Å². The zero-order valence-corrected chi connectivity index (χ0v) is 44.0. The number of benzene rings is 12. The maximum Gasteiger partial charge on any atom is 0.0465 e. The summed E-state index contributed by atoms with van der Waals surface area (Å²) in [6.07, 6.45) is 0. The summed E-state index contributed by atoms with van der Waals surface area (Å²) in [5.74, 6) is 0. The smallest absolute Gasteiger partial charge is 0.0465 e. The fourth-order valence-electron chi connectivity index (χ4n) is 14.1. The molecule has 1 nitrogen and oxygen atoms in total. The summed E-state index contributed by atoms with van der Waals surface area (Å²) in [6.45, 7) is 14.4. The topological polar surface area (TPSA) is 3.24 Å². The molecule has 0 heterocycles. The minimum atomic E-state index is -0.290. The van der Waals surface area contributed by atoms with Crippen LogP contribution < -0.4 is 4.90 Å². The molecule has 362 valence electrons. The number of fused-ring (bicyclic) bond motifs is 12. The number of rotatable bonds is 6. The number of nitrogens with zero attached hydrogens (tertiary/aromatic N) is 1. The molecule has 0 amide bonds. The average molecular weight is 972 g/mol. The lowest BCUT2D eigenvalue weighted by Gasteiger charge is -2.31. The van der Waals surface area contributed by atoms with Crippen LogP contribution in [0.1, 0.15) is 74.9 Å². The van der Waals surface area contributed by atoms with E-state index in [0.717, 1.165) is 5.69 Å². The van der Waals surface area contributed by atoms with E-state index < -0.39 is 0 Å². The Hall–Kier alpha value is -8.78. The van der Waals surface area contributed by atoms with Crippen LogP contribution in [0.5, 0.6) is 0 Å². The SMILES string of the molecule is CC1(C)c2ccccc2-c2ccc(N(c3ccc4c(c3)C(C)(C)c3ccccc3-4)c3ccc4c(c3)C(C)(C)c3cc(-c5c6ccccc6c(-c6cccc(-c7ccccc7)c6)c6cc7ccccc7cc56)ccc3-4)cc21. The molecule has 3 aliphatic rings. The van der Waals surface area contributed by atoms with Gasteiger partial charge in [-0.25, -0.2) is 0 Å². The van der Waals surface area contributed by atoms with E-state index in [1.807, 2.05) is 0 Å². The Balaban J connectivity index is 0.893. The average Bonchev–Trinajstić information content (AvgIpc) is 3.95. The van der Waals surface area contributed by atoms with Crippen LogP contribution in [0.2, 0.25) is 0 Å². The fraction of sp³-hybridized carbons (Fsp3) is 0.120. The van der Waals surface area contributed by atoms with E-state index >= 15 is 0 Å². The van der Waals surface area contributed by atoms with Gasteiger partial charge in [-0.2, -0.15) is 0 Å². The molecule has 0 saturated carbocycles. The Kier molecular flexibility index (Phi) is 9.47. The fourth-order valence-corrected chi connectivity index (χ4v) is 14.1. The molecule has 0 unspecified atom stereocenters. The van der Waals surface area contributed by atoms with Crippen molar-refractivity contribution >= 4 is 49.4 Å². The molecule has 0 spiro atoms. The molecule has 0 atom stereocenters. The molecule has 3 aliphatic carbocycles. The summed E-state index contributed by atoms with van der Waals surface area (Å²) in [7, 11) is 0. The summed E-state index contributed by atoms with van der Waals surface area (Å²) < 4.78 is 0. The number of anilines is 3. The third-order valence-corrected chi connectivity index (χ3v) is 18.0. The van der Waals surface area contributed by atoms with Gasteiger partial charge in [0.05, 0.1) is 0 Å². The van der Waals surface area contributed by atoms with Gasteiger partial charge in [0.2, 0.25) is 0 Å². The van der Waals surface area contributed by atoms with Gasteiger partial charge in [-0.15, -0.1) is 0 Å². The van der Waals surface area contributed by atoms with Crippen molar-refractivity contribution in [3.05, 3.63) is 270 Å². The maximum atomic E-state index is 2.53. The van der Waals surface area contributed by atoms with Crippen molar-refractivity contribution in [3.8, 4) is 66.8 Å². The number of hydrogen-bond donors (Lipinski definition) is 0. The van der Waals surface area contributed by atoms with Gasteiger partial charge >= 0.3 is 0 Å². The maximum absolute atomic E-state index is 2.53. The minimum absolute atomic E-state index is 0.133. The van der Waals surface area contributed by atoms with Crippen molar-refractivity contribution in [2.45, 2.75) is 57.8 Å². The predicted molar refractivity (Wildman–Crippen MR) is 323 cm³/mol. The van der Waals surface area contributed by atoms with Gasteiger partial charge in [-0.1, -0.05) is 217 Å². The summed E-state index contributed by atoms with van der Waals surface area (Å²) in [5.41, 5.74) is 26.6. The van der Waals surface area contributed by atoms with Crippen LogP contribution >= 0.6 is 0 Å². The highest BCUT2D eigenvalue weighted by molar-refractivity contribution is 6.24. The standard InChI is InChI=1S/C75H57N/c1-73(2)65-29-16-14-25-55(65)58-36-32-52(43-68(58)73)76(53-33-37-59-56-26-15-17-30-66(56)74(3,4)69(59)44-53)54-34-38-60-57-35-31-51(42-67(57)75(5,6)70(60)45-54)72-62-28-13-12-27-61(62)71(63-40-48-21-10-11-22-49(48)41-64(63)72)50-24-18-23-47(39-50)46-19-8-7-9-20-46/h7-45H,1-6H3. The van der Waals surface area contributed by atoms with Gasteiger partial charge in [0.15, 0.2) is 0 Å². The highest BCUT2D eigenvalue weighted by atomic mass is 15.1. The Bertz CT molecular complexity index is 4320. The van der Waals surface area contributed by atoms with Crippen molar-refractivity contribution in [1.82, 2.24) is 0 Å². The highest BCUT2D eigenvalue weighted by Gasteiger charge is 2.40. The van der Waals surface area contributed by atoms with Crippen molar-refractivity contribution in [2.24, 2.45) is 0 Å². The van der Waals surface area contributed by atoms with Gasteiger partial charge in [0.1, 0.15) is 0 Å². The first kappa shape index (κ1) is 44.7. The third-order valence-electron chi connectivity index (χ3n) is 18.0. The van der Waals surface area contributed by atoms with E-state index in [-0.39, 0.29) is 16.2 Å². The highest BCUT2D eigenvalue weighted by Crippen LogP contribution is 2.56. The molecule has 0 aromatic heterocycles. The van der Waals surface area contributed by atoms with Crippen LogP contribution in [0.15, 0.2) is 237 Å². The molecule has 12 aromatic carbocycles. The molecule has 0 saturated heterocycles. The van der Waals surface area contributed by atoms with Gasteiger partial charge in [-0.3, -0.25) is 0 Å². The van der Waals surface area contributed by atoms with E-state index in [4.69, 9.17) is 0 Å². The van der Waals surface area contributed by atoms with Crippen LogP contribution in [0, 0.1) is 0 Å². The lowest BCUT2D eigenvalue weighted by Crippen LogP contribution is -2.19. The van der Waals surface area contributed by atoms with Crippen LogP contribution in [-0.4, -0.2) is 0 Å². The molecule has 12 aromatic rings. The monoisotopic (exact) mass is 971 g/mol. The molecule has 0 N–H and O–H groups in total. The summed E-state index contributed by atoms with van der Waals surface area (Å²) >= 11 is 0. The molecule has 0 fully saturated rings. The Morgan fingerprint density at radius 3 is 1.12 bits per heavy atom. The molecule has 0 radical (unpaired) electrons. The Morgan fingerprint density at radius 2 is 0.605 bits per heavy atom. The van der Waals surface area contributed by atoms with E-state index in [1.165, 1.54) is 144 Å². The largest absolute Gasteiger partial charge is 0.310 e. The summed E-state index contributed by atoms with van der Waals surface area (Å²) in [6, 6.07) is 89.7. The van der Waals surface area contributed by atoms with Gasteiger partial charge in [-0.05, 0) is 193 Å². The van der Waals surface area contributed by atoms with Crippen LogP contribution in [0.25, 0.3) is 99.1 Å². The number of hydrogen-bond acceptors (Lipinski definition) is 1. The molecule has 1 heteroatoms. The first-order valence-electron chi connectivity index (χ1n) is 27.1. The third kappa shape index (κ3) is 6.39. The van der Waals surface area contributed by atoms with E-state index in [2.05, 4.69) is 283 Å². The van der Waals surface area contributed by atoms with Crippen molar-refractivity contribution in [3.63, 3.8) is 0 Å². The van der Waals surface area contributed by atoms with Crippen molar-refractivity contribution < 1.29 is 0 Å². The second-order valence-corrected chi connectivity index (χ2v) is 23.2.